The number of primary amides is 1. The summed E-state index contributed by atoms with van der Waals surface area (Å²) in [6.07, 6.45) is 2.69. The Morgan fingerprint density at radius 2 is 2.00 bits per heavy atom. The summed E-state index contributed by atoms with van der Waals surface area (Å²) in [5.41, 5.74) is 9.59. The Labute approximate surface area is 188 Å². The summed E-state index contributed by atoms with van der Waals surface area (Å²) in [6, 6.07) is 1.14. The van der Waals surface area contributed by atoms with Crippen LogP contribution >= 0.6 is 11.6 Å². The van der Waals surface area contributed by atoms with E-state index in [-0.39, 0.29) is 35.1 Å². The number of aromatic nitrogens is 4. The summed E-state index contributed by atoms with van der Waals surface area (Å²) in [7, 11) is 0. The summed E-state index contributed by atoms with van der Waals surface area (Å²) in [6.45, 7) is 6.92. The van der Waals surface area contributed by atoms with E-state index in [4.69, 9.17) is 22.3 Å². The van der Waals surface area contributed by atoms with Crippen molar-refractivity contribution in [2.45, 2.75) is 32.3 Å². The first-order chi connectivity index (χ1) is 15.1. The van der Waals surface area contributed by atoms with Gasteiger partial charge in [0.25, 0.3) is 5.91 Å². The molecule has 0 saturated carbocycles. The molecule has 5 heterocycles. The highest BCUT2D eigenvalue weighted by molar-refractivity contribution is 6.33. The number of imidazole rings is 1. The number of fused-ring (bicyclic) bond motifs is 3. The van der Waals surface area contributed by atoms with Gasteiger partial charge in [0, 0.05) is 42.4 Å². The van der Waals surface area contributed by atoms with Gasteiger partial charge < -0.3 is 15.7 Å². The van der Waals surface area contributed by atoms with E-state index < -0.39 is 12.1 Å². The predicted octanol–water partition coefficient (Wildman–Crippen LogP) is 1.75. The van der Waals surface area contributed by atoms with Crippen molar-refractivity contribution in [1.82, 2.24) is 24.5 Å². The van der Waals surface area contributed by atoms with Gasteiger partial charge in [-0.25, -0.2) is 19.3 Å². The predicted molar refractivity (Wildman–Crippen MR) is 118 cm³/mol. The van der Waals surface area contributed by atoms with Crippen LogP contribution < -0.4 is 10.6 Å². The maximum atomic E-state index is 12.6. The minimum atomic E-state index is -0.530. The number of nitrogens with two attached hydrogens (primary N) is 1. The fourth-order valence-corrected chi connectivity index (χ4v) is 4.77. The van der Waals surface area contributed by atoms with E-state index in [0.29, 0.717) is 34.8 Å². The number of aliphatic hydroxyl groups is 1. The van der Waals surface area contributed by atoms with Crippen LogP contribution in [0.3, 0.4) is 0 Å². The largest absolute Gasteiger partial charge is 0.389 e. The lowest BCUT2D eigenvalue weighted by Gasteiger charge is -2.35. The number of hydrogen-bond acceptors (Lipinski definition) is 6. The number of rotatable bonds is 2. The number of aryl methyl sites for hydroxylation is 1. The fraction of sp³-hybridized carbons (Fsp3) is 0.381. The SMILES string of the molecule is Cc1nc2c3c(cnn2c1-c1cnc(C(=O)N2CC(O)C2)c(Cl)c1)N(C(N)=O)CC3(C)C. The van der Waals surface area contributed by atoms with Gasteiger partial charge in [0.1, 0.15) is 5.69 Å². The highest BCUT2D eigenvalue weighted by Gasteiger charge is 2.41. The van der Waals surface area contributed by atoms with Gasteiger partial charge in [-0.05, 0) is 13.0 Å². The van der Waals surface area contributed by atoms with Gasteiger partial charge in [-0.15, -0.1) is 0 Å². The number of nitrogens with zero attached hydrogens (tertiary/aromatic N) is 6. The van der Waals surface area contributed by atoms with Crippen LogP contribution in [-0.2, 0) is 5.41 Å². The molecule has 0 atom stereocenters. The molecule has 0 radical (unpaired) electrons. The topological polar surface area (TPSA) is 130 Å². The van der Waals surface area contributed by atoms with Crippen molar-refractivity contribution in [3.05, 3.63) is 40.4 Å². The van der Waals surface area contributed by atoms with Gasteiger partial charge >= 0.3 is 6.03 Å². The molecular weight excluding hydrogens is 434 g/mol. The average Bonchev–Trinajstić information content (AvgIpc) is 3.17. The van der Waals surface area contributed by atoms with Crippen molar-refractivity contribution in [1.29, 1.82) is 0 Å². The first-order valence-corrected chi connectivity index (χ1v) is 10.6. The molecule has 0 bridgehead atoms. The minimum Gasteiger partial charge on any atom is -0.389 e. The highest BCUT2D eigenvalue weighted by Crippen LogP contribution is 2.43. The molecule has 1 saturated heterocycles. The number of carbonyl (C=O) groups excluding carboxylic acids is 2. The summed E-state index contributed by atoms with van der Waals surface area (Å²) >= 11 is 6.42. The first kappa shape index (κ1) is 20.7. The van der Waals surface area contributed by atoms with Crippen LogP contribution in [0.1, 0.15) is 35.6 Å². The third kappa shape index (κ3) is 2.94. The summed E-state index contributed by atoms with van der Waals surface area (Å²) < 4.78 is 1.71. The average molecular weight is 456 g/mol. The van der Waals surface area contributed by atoms with Gasteiger partial charge in [0.2, 0.25) is 0 Å². The molecule has 0 aromatic carbocycles. The molecule has 3 aromatic rings. The molecule has 3 N–H and O–H groups in total. The first-order valence-electron chi connectivity index (χ1n) is 10.2. The van der Waals surface area contributed by atoms with Crippen molar-refractivity contribution >= 4 is 34.9 Å². The third-order valence-corrected chi connectivity index (χ3v) is 6.35. The smallest absolute Gasteiger partial charge is 0.319 e. The van der Waals surface area contributed by atoms with Crippen molar-refractivity contribution in [3.8, 4) is 11.3 Å². The lowest BCUT2D eigenvalue weighted by atomic mass is 9.88. The fourth-order valence-electron chi connectivity index (χ4n) is 4.52. The second-order valence-electron chi connectivity index (χ2n) is 8.91. The van der Waals surface area contributed by atoms with Gasteiger partial charge in [-0.2, -0.15) is 5.10 Å². The second kappa shape index (κ2) is 6.88. The zero-order valence-electron chi connectivity index (χ0n) is 17.8. The van der Waals surface area contributed by atoms with E-state index in [2.05, 4.69) is 10.1 Å². The van der Waals surface area contributed by atoms with E-state index in [1.165, 1.54) is 9.80 Å². The minimum absolute atomic E-state index is 0.140. The zero-order chi connectivity index (χ0) is 22.9. The lowest BCUT2D eigenvalue weighted by Crippen LogP contribution is -2.53. The quantitative estimate of drug-likeness (QED) is 0.605. The zero-order valence-corrected chi connectivity index (χ0v) is 18.6. The van der Waals surface area contributed by atoms with Crippen molar-refractivity contribution in [2.75, 3.05) is 24.5 Å². The number of β-amino-alcohol motifs (C(OH)–C–C–N with tert-alkyl or cyclic N) is 1. The molecule has 11 heteroatoms. The number of likely N-dealkylation sites (tertiary alicyclic amines) is 1. The maximum Gasteiger partial charge on any atom is 0.319 e. The highest BCUT2D eigenvalue weighted by atomic mass is 35.5. The van der Waals surface area contributed by atoms with Crippen LogP contribution in [-0.4, -0.2) is 67.3 Å². The Balaban J connectivity index is 1.60. The van der Waals surface area contributed by atoms with Crippen molar-refractivity contribution in [3.63, 3.8) is 0 Å². The summed E-state index contributed by atoms with van der Waals surface area (Å²) in [4.78, 5) is 36.5. The lowest BCUT2D eigenvalue weighted by molar-refractivity contribution is 0.00552. The molecule has 166 valence electrons. The number of hydrogen-bond donors (Lipinski definition) is 2. The number of carbonyl (C=O) groups is 2. The van der Waals surface area contributed by atoms with E-state index in [0.717, 1.165) is 5.56 Å². The number of amides is 3. The van der Waals surface area contributed by atoms with Crippen LogP contribution in [0.25, 0.3) is 16.9 Å². The Kier molecular flexibility index (Phi) is 4.44. The van der Waals surface area contributed by atoms with Crippen LogP contribution in [0.4, 0.5) is 10.5 Å². The third-order valence-electron chi connectivity index (χ3n) is 6.06. The summed E-state index contributed by atoms with van der Waals surface area (Å²) in [5.74, 6) is -0.314. The molecule has 2 aliphatic heterocycles. The van der Waals surface area contributed by atoms with Gasteiger partial charge in [-0.3, -0.25) is 9.69 Å². The molecule has 2 aliphatic rings. The molecule has 3 amide bonds. The molecule has 1 fully saturated rings. The number of aliphatic hydroxyl groups excluding tert-OH is 1. The van der Waals surface area contributed by atoms with Crippen LogP contribution in [0.5, 0.6) is 0 Å². The molecule has 10 nitrogen and oxygen atoms in total. The van der Waals surface area contributed by atoms with Crippen molar-refractivity contribution in [2.24, 2.45) is 5.73 Å². The van der Waals surface area contributed by atoms with Crippen LogP contribution in [0, 0.1) is 6.92 Å². The van der Waals surface area contributed by atoms with Gasteiger partial charge in [0.15, 0.2) is 5.65 Å². The number of halogens is 1. The number of urea groups is 1. The number of pyridine rings is 1. The molecule has 3 aromatic heterocycles. The monoisotopic (exact) mass is 455 g/mol. The van der Waals surface area contributed by atoms with E-state index >= 15 is 0 Å². The molecule has 32 heavy (non-hydrogen) atoms. The normalized spacial score (nSPS) is 17.5. The molecule has 0 spiro atoms. The maximum absolute atomic E-state index is 12.6. The van der Waals surface area contributed by atoms with E-state index in [1.54, 1.807) is 23.0 Å². The molecule has 5 rings (SSSR count). The Morgan fingerprint density at radius 3 is 2.62 bits per heavy atom. The second-order valence-corrected chi connectivity index (χ2v) is 9.32. The molecular formula is C21H22ClN7O3. The summed E-state index contributed by atoms with van der Waals surface area (Å²) in [5, 5.41) is 14.2. The Morgan fingerprint density at radius 1 is 1.28 bits per heavy atom. The van der Waals surface area contributed by atoms with E-state index in [1.807, 2.05) is 20.8 Å². The van der Waals surface area contributed by atoms with Gasteiger partial charge in [-0.1, -0.05) is 25.4 Å². The Bertz CT molecular complexity index is 1300. The Hall–Kier alpha value is -3.24. The van der Waals surface area contributed by atoms with Gasteiger partial charge in [0.05, 0.1) is 34.4 Å². The van der Waals surface area contributed by atoms with Crippen molar-refractivity contribution < 1.29 is 14.7 Å². The molecule has 0 aliphatic carbocycles. The van der Waals surface area contributed by atoms with Crippen LogP contribution in [0.15, 0.2) is 18.5 Å². The van der Waals surface area contributed by atoms with E-state index in [9.17, 15) is 14.7 Å². The van der Waals surface area contributed by atoms with Crippen LogP contribution in [0.2, 0.25) is 5.02 Å². The molecule has 0 unspecified atom stereocenters. The number of anilines is 1. The standard InChI is InChI=1S/C21H22ClN7O3/c1-10-17(11-4-13(22)16(24-5-11)19(31)27-7-12(30)8-27)29-18(26-10)15-14(6-25-29)28(20(23)32)9-21(15,2)3/h4-6,12,30H,7-9H2,1-3H3,(H2,23,32).